The van der Waals surface area contributed by atoms with Crippen LogP contribution >= 0.6 is 15.9 Å². The van der Waals surface area contributed by atoms with E-state index >= 15 is 0 Å². The van der Waals surface area contributed by atoms with Crippen LogP contribution in [0.1, 0.15) is 46.8 Å². The number of rotatable bonds is 5. The average Bonchev–Trinajstić information content (AvgIpc) is 3.29. The zero-order chi connectivity index (χ0) is 26.1. The molecule has 0 N–H and O–H groups in total. The summed E-state index contributed by atoms with van der Waals surface area (Å²) in [5.74, 6) is 0.0865. The monoisotopic (exact) mass is 556 g/mol. The summed E-state index contributed by atoms with van der Waals surface area (Å²) in [7, 11) is 8.18. The maximum atomic E-state index is 13.9. The molecule has 5 nitrogen and oxygen atoms in total. The van der Waals surface area contributed by atoms with Crippen molar-refractivity contribution in [2.24, 2.45) is 11.0 Å². The van der Waals surface area contributed by atoms with Crippen LogP contribution in [0.5, 0.6) is 0 Å². The highest BCUT2D eigenvalue weighted by Crippen LogP contribution is 2.45. The van der Waals surface area contributed by atoms with E-state index in [0.717, 1.165) is 46.3 Å². The van der Waals surface area contributed by atoms with E-state index in [1.807, 2.05) is 52.5 Å². The minimum absolute atomic E-state index is 0.0780. The van der Waals surface area contributed by atoms with Gasteiger partial charge in [0.15, 0.2) is 0 Å². The Morgan fingerprint density at radius 2 is 1.54 bits per heavy atom. The molecule has 0 bridgehead atoms. The molecule has 0 saturated heterocycles. The third-order valence-corrected chi connectivity index (χ3v) is 8.01. The van der Waals surface area contributed by atoms with Gasteiger partial charge in [0.25, 0.3) is 5.91 Å². The van der Waals surface area contributed by atoms with Crippen LogP contribution in [0, 0.1) is 5.92 Å². The summed E-state index contributed by atoms with van der Waals surface area (Å²) in [6.07, 6.45) is 5.31. The number of fused-ring (bicyclic) bond motifs is 1. The quantitative estimate of drug-likeness (QED) is 0.339. The van der Waals surface area contributed by atoms with Gasteiger partial charge in [0.2, 0.25) is 0 Å². The molecule has 0 radical (unpaired) electrons. The number of halogens is 1. The molecule has 6 heteroatoms. The number of amides is 1. The van der Waals surface area contributed by atoms with Crippen molar-refractivity contribution < 1.29 is 4.79 Å². The lowest BCUT2D eigenvalue weighted by atomic mass is 9.77. The Morgan fingerprint density at radius 1 is 0.919 bits per heavy atom. The van der Waals surface area contributed by atoms with E-state index in [2.05, 4.69) is 80.3 Å². The van der Waals surface area contributed by atoms with E-state index < -0.39 is 0 Å². The van der Waals surface area contributed by atoms with Crippen LogP contribution in [0.4, 0.5) is 11.4 Å². The fourth-order valence-electron chi connectivity index (χ4n) is 5.30. The first-order valence-electron chi connectivity index (χ1n) is 12.8. The van der Waals surface area contributed by atoms with Crippen LogP contribution in [0.25, 0.3) is 6.08 Å². The maximum Gasteiger partial charge on any atom is 0.275 e. The molecule has 0 unspecified atom stereocenters. The number of nitrogens with zero attached hydrogens (tertiary/aromatic N) is 4. The minimum Gasteiger partial charge on any atom is -0.378 e. The molecule has 190 valence electrons. The second-order valence-electron chi connectivity index (χ2n) is 10.2. The summed E-state index contributed by atoms with van der Waals surface area (Å²) in [6, 6.07) is 24.6. The Balaban J connectivity index is 1.55. The fourth-order valence-corrected chi connectivity index (χ4v) is 5.75. The van der Waals surface area contributed by atoms with Crippen molar-refractivity contribution in [3.8, 4) is 0 Å². The van der Waals surface area contributed by atoms with Gasteiger partial charge in [0.05, 0.1) is 17.3 Å². The molecule has 3 aromatic rings. The molecular weight excluding hydrogens is 524 g/mol. The molecule has 1 amide bonds. The van der Waals surface area contributed by atoms with Gasteiger partial charge in [-0.15, -0.1) is 0 Å². The van der Waals surface area contributed by atoms with E-state index in [1.165, 1.54) is 11.3 Å². The summed E-state index contributed by atoms with van der Waals surface area (Å²) in [5.41, 5.74) is 7.49. The summed E-state index contributed by atoms with van der Waals surface area (Å²) in [4.78, 5) is 18.1. The summed E-state index contributed by atoms with van der Waals surface area (Å²) < 4.78 is 0.786. The number of hydrazone groups is 1. The number of carbonyl (C=O) groups is 1. The molecule has 1 heterocycles. The van der Waals surface area contributed by atoms with Crippen LogP contribution in [0.3, 0.4) is 0 Å². The van der Waals surface area contributed by atoms with Crippen LogP contribution in [-0.2, 0) is 0 Å². The number of anilines is 2. The van der Waals surface area contributed by atoms with Gasteiger partial charge in [-0.25, -0.2) is 5.01 Å². The molecule has 3 aromatic carbocycles. The fraction of sp³-hybridized carbons (Fsp3) is 0.290. The predicted molar refractivity (Wildman–Crippen MR) is 157 cm³/mol. The number of carbonyl (C=O) groups excluding carboxylic acids is 1. The molecule has 1 aliphatic heterocycles. The van der Waals surface area contributed by atoms with Gasteiger partial charge in [-0.2, -0.15) is 5.10 Å². The minimum atomic E-state index is -0.134. The largest absolute Gasteiger partial charge is 0.378 e. The highest BCUT2D eigenvalue weighted by Gasteiger charge is 2.44. The molecule has 0 spiro atoms. The van der Waals surface area contributed by atoms with E-state index in [0.29, 0.717) is 5.56 Å². The van der Waals surface area contributed by atoms with Crippen molar-refractivity contribution in [3.63, 3.8) is 0 Å². The van der Waals surface area contributed by atoms with Crippen molar-refractivity contribution in [2.45, 2.75) is 25.3 Å². The van der Waals surface area contributed by atoms with E-state index in [9.17, 15) is 4.79 Å². The SMILES string of the molecule is CN(C)c1ccc(/C=C2\CCC[C@H]3C2=NN(C(=O)c2ccccc2Br)[C@@H]3c2ccc(N(C)C)cc2)cc1. The van der Waals surface area contributed by atoms with Gasteiger partial charge in [-0.3, -0.25) is 4.79 Å². The highest BCUT2D eigenvalue weighted by molar-refractivity contribution is 9.10. The summed E-state index contributed by atoms with van der Waals surface area (Å²) in [5, 5.41) is 6.79. The Hall–Kier alpha value is -3.38. The van der Waals surface area contributed by atoms with Crippen LogP contribution in [0.15, 0.2) is 87.9 Å². The van der Waals surface area contributed by atoms with Gasteiger partial charge >= 0.3 is 0 Å². The Kier molecular flexibility index (Phi) is 7.20. The molecule has 0 aromatic heterocycles. The smallest absolute Gasteiger partial charge is 0.275 e. The Morgan fingerprint density at radius 3 is 2.16 bits per heavy atom. The highest BCUT2D eigenvalue weighted by atomic mass is 79.9. The molecule has 2 atom stereocenters. The number of hydrogen-bond acceptors (Lipinski definition) is 4. The lowest BCUT2D eigenvalue weighted by Gasteiger charge is -2.30. The van der Waals surface area contributed by atoms with Crippen molar-refractivity contribution in [1.82, 2.24) is 5.01 Å². The van der Waals surface area contributed by atoms with E-state index in [-0.39, 0.29) is 17.9 Å². The van der Waals surface area contributed by atoms with Gasteiger partial charge in [0.1, 0.15) is 0 Å². The number of allylic oxidation sites excluding steroid dienone is 1. The molecule has 1 fully saturated rings. The van der Waals surface area contributed by atoms with Crippen molar-refractivity contribution in [2.75, 3.05) is 38.0 Å². The zero-order valence-corrected chi connectivity index (χ0v) is 23.4. The van der Waals surface area contributed by atoms with Crippen LogP contribution in [0.2, 0.25) is 0 Å². The molecule has 1 aliphatic carbocycles. The second kappa shape index (κ2) is 10.5. The third kappa shape index (κ3) is 5.08. The summed E-state index contributed by atoms with van der Waals surface area (Å²) >= 11 is 3.58. The van der Waals surface area contributed by atoms with E-state index in [4.69, 9.17) is 5.10 Å². The Labute approximate surface area is 228 Å². The lowest BCUT2D eigenvalue weighted by Crippen LogP contribution is -2.32. The van der Waals surface area contributed by atoms with Gasteiger partial charge in [-0.1, -0.05) is 36.4 Å². The van der Waals surface area contributed by atoms with Gasteiger partial charge < -0.3 is 9.80 Å². The number of benzene rings is 3. The van der Waals surface area contributed by atoms with Gasteiger partial charge in [0, 0.05) is 50.0 Å². The van der Waals surface area contributed by atoms with Crippen molar-refractivity contribution >= 4 is 45.0 Å². The van der Waals surface area contributed by atoms with Crippen LogP contribution in [-0.4, -0.2) is 44.8 Å². The first-order chi connectivity index (χ1) is 17.8. The van der Waals surface area contributed by atoms with Gasteiger partial charge in [-0.05, 0) is 94.4 Å². The zero-order valence-electron chi connectivity index (χ0n) is 21.9. The second-order valence-corrected chi connectivity index (χ2v) is 11.1. The first kappa shape index (κ1) is 25.3. The normalized spacial score (nSPS) is 20.0. The average molecular weight is 558 g/mol. The molecular formula is C31H33BrN4O. The van der Waals surface area contributed by atoms with Crippen molar-refractivity contribution in [1.29, 1.82) is 0 Å². The lowest BCUT2D eigenvalue weighted by molar-refractivity contribution is 0.0680. The third-order valence-electron chi connectivity index (χ3n) is 7.32. The maximum absolute atomic E-state index is 13.9. The standard InChI is InChI=1S/C31H33BrN4O/c1-34(2)24-16-12-21(13-17-24)20-23-8-7-10-27-29(23)33-36(31(37)26-9-5-6-11-28(26)32)30(27)22-14-18-25(19-15-22)35(3)4/h5-6,9,11-20,27,30H,7-8,10H2,1-4H3/b23-20+/t27-,30+/m0/s1. The summed E-state index contributed by atoms with van der Waals surface area (Å²) in [6.45, 7) is 0. The van der Waals surface area contributed by atoms with Crippen LogP contribution < -0.4 is 9.80 Å². The number of hydrogen-bond donors (Lipinski definition) is 0. The molecule has 5 rings (SSSR count). The Bertz CT molecular complexity index is 1340. The predicted octanol–water partition coefficient (Wildman–Crippen LogP) is 7.02. The first-order valence-corrected chi connectivity index (χ1v) is 13.5. The molecule has 37 heavy (non-hydrogen) atoms. The molecule has 1 saturated carbocycles. The van der Waals surface area contributed by atoms with Crippen molar-refractivity contribution in [3.05, 3.63) is 99.5 Å². The van der Waals surface area contributed by atoms with E-state index in [1.54, 1.807) is 5.01 Å². The molecule has 2 aliphatic rings. The topological polar surface area (TPSA) is 39.1 Å².